The third-order valence-corrected chi connectivity index (χ3v) is 6.85. The Morgan fingerprint density at radius 3 is 2.68 bits per heavy atom. The molecule has 0 bridgehead atoms. The van der Waals surface area contributed by atoms with Gasteiger partial charge in [-0.05, 0) is 32.4 Å². The van der Waals surface area contributed by atoms with Gasteiger partial charge in [0.05, 0.1) is 16.8 Å². The van der Waals surface area contributed by atoms with Crippen LogP contribution in [0.2, 0.25) is 0 Å². The molecule has 2 heterocycles. The Hall–Kier alpha value is -1.87. The summed E-state index contributed by atoms with van der Waals surface area (Å²) in [6, 6.07) is 9.40. The summed E-state index contributed by atoms with van der Waals surface area (Å²) in [7, 11) is -3.01. The minimum atomic E-state index is -3.01. The second-order valence-corrected chi connectivity index (χ2v) is 9.61. The summed E-state index contributed by atoms with van der Waals surface area (Å²) < 4.78 is 24.9. The maximum Gasteiger partial charge on any atom is 0.233 e. The largest absolute Gasteiger partial charge is 0.351 e. The SMILES string of the molecule is Cc1nnc(S[C@H](C)C(=O)N[C@H]2CCS(=O)(=O)C2)n1-c1ccccc1. The van der Waals surface area contributed by atoms with Gasteiger partial charge in [0.25, 0.3) is 0 Å². The molecule has 1 aromatic heterocycles. The van der Waals surface area contributed by atoms with Crippen LogP contribution in [-0.2, 0) is 14.6 Å². The monoisotopic (exact) mass is 380 g/mol. The quantitative estimate of drug-likeness (QED) is 0.787. The zero-order valence-corrected chi connectivity index (χ0v) is 15.7. The Kier molecular flexibility index (Phi) is 5.14. The van der Waals surface area contributed by atoms with Gasteiger partial charge in [-0.1, -0.05) is 30.0 Å². The van der Waals surface area contributed by atoms with Crippen LogP contribution in [0, 0.1) is 6.92 Å². The maximum absolute atomic E-state index is 12.4. The first-order valence-corrected chi connectivity index (χ1v) is 10.7. The van der Waals surface area contributed by atoms with Gasteiger partial charge in [-0.2, -0.15) is 0 Å². The minimum absolute atomic E-state index is 0.0232. The fourth-order valence-electron chi connectivity index (χ4n) is 2.73. The first-order valence-electron chi connectivity index (χ1n) is 8.00. The molecule has 1 fully saturated rings. The smallest absolute Gasteiger partial charge is 0.233 e. The van der Waals surface area contributed by atoms with E-state index in [-0.39, 0.29) is 23.5 Å². The Morgan fingerprint density at radius 2 is 2.04 bits per heavy atom. The lowest BCUT2D eigenvalue weighted by Crippen LogP contribution is -2.40. The molecule has 9 heteroatoms. The maximum atomic E-state index is 12.4. The second kappa shape index (κ2) is 7.17. The topological polar surface area (TPSA) is 94.0 Å². The number of thioether (sulfide) groups is 1. The van der Waals surface area contributed by atoms with E-state index in [0.717, 1.165) is 11.5 Å². The number of nitrogens with one attached hydrogen (secondary N) is 1. The molecule has 0 saturated carbocycles. The van der Waals surface area contributed by atoms with Crippen LogP contribution in [0.15, 0.2) is 35.5 Å². The molecule has 0 spiro atoms. The molecule has 1 aromatic carbocycles. The van der Waals surface area contributed by atoms with Crippen LogP contribution in [0.3, 0.4) is 0 Å². The van der Waals surface area contributed by atoms with E-state index in [0.29, 0.717) is 11.6 Å². The molecular formula is C16H20N4O3S2. The van der Waals surface area contributed by atoms with Crippen molar-refractivity contribution in [1.82, 2.24) is 20.1 Å². The fourth-order valence-corrected chi connectivity index (χ4v) is 5.33. The molecule has 7 nitrogen and oxygen atoms in total. The average Bonchev–Trinajstić information content (AvgIpc) is 3.10. The normalized spacial score (nSPS) is 20.3. The molecule has 2 aromatic rings. The van der Waals surface area contributed by atoms with Crippen molar-refractivity contribution in [3.8, 4) is 5.69 Å². The molecule has 1 saturated heterocycles. The van der Waals surface area contributed by atoms with Gasteiger partial charge in [0.1, 0.15) is 5.82 Å². The second-order valence-electron chi connectivity index (χ2n) is 6.07. The Morgan fingerprint density at radius 1 is 1.32 bits per heavy atom. The number of aromatic nitrogens is 3. The number of carbonyl (C=O) groups is 1. The summed E-state index contributed by atoms with van der Waals surface area (Å²) in [6.07, 6.45) is 0.477. The van der Waals surface area contributed by atoms with Crippen molar-refractivity contribution in [2.75, 3.05) is 11.5 Å². The summed E-state index contributed by atoms with van der Waals surface area (Å²) in [5, 5.41) is 11.3. The Labute approximate surface area is 151 Å². The van der Waals surface area contributed by atoms with E-state index in [4.69, 9.17) is 0 Å². The molecule has 1 amide bonds. The molecule has 134 valence electrons. The average molecular weight is 380 g/mol. The van der Waals surface area contributed by atoms with Gasteiger partial charge in [0, 0.05) is 11.7 Å². The number of hydrogen-bond donors (Lipinski definition) is 1. The first-order chi connectivity index (χ1) is 11.9. The Bertz CT molecular complexity index is 865. The van der Waals surface area contributed by atoms with Crippen LogP contribution in [-0.4, -0.2) is 51.9 Å². The highest BCUT2D eigenvalue weighted by Crippen LogP contribution is 2.26. The first kappa shape index (κ1) is 17.9. The van der Waals surface area contributed by atoms with Gasteiger partial charge in [0.15, 0.2) is 15.0 Å². The van der Waals surface area contributed by atoms with Crippen LogP contribution >= 0.6 is 11.8 Å². The third-order valence-electron chi connectivity index (χ3n) is 4.04. The number of sulfone groups is 1. The van der Waals surface area contributed by atoms with Gasteiger partial charge >= 0.3 is 0 Å². The van der Waals surface area contributed by atoms with Crippen LogP contribution < -0.4 is 5.32 Å². The lowest BCUT2D eigenvalue weighted by Gasteiger charge is -2.16. The number of rotatable bonds is 5. The number of amides is 1. The lowest BCUT2D eigenvalue weighted by molar-refractivity contribution is -0.120. The van der Waals surface area contributed by atoms with E-state index in [1.807, 2.05) is 41.8 Å². The number of aryl methyl sites for hydroxylation is 1. The molecule has 25 heavy (non-hydrogen) atoms. The van der Waals surface area contributed by atoms with Gasteiger partial charge in [0.2, 0.25) is 5.91 Å². The summed E-state index contributed by atoms with van der Waals surface area (Å²) in [6.45, 7) is 3.64. The summed E-state index contributed by atoms with van der Waals surface area (Å²) in [5.41, 5.74) is 0.932. The van der Waals surface area contributed by atoms with E-state index in [2.05, 4.69) is 15.5 Å². The third kappa shape index (κ3) is 4.21. The molecule has 3 rings (SSSR count). The zero-order valence-electron chi connectivity index (χ0n) is 14.0. The van der Waals surface area contributed by atoms with Crippen molar-refractivity contribution >= 4 is 27.5 Å². The van der Waals surface area contributed by atoms with E-state index < -0.39 is 15.1 Å². The summed E-state index contributed by atoms with van der Waals surface area (Å²) in [4.78, 5) is 12.4. The van der Waals surface area contributed by atoms with Crippen molar-refractivity contribution in [2.24, 2.45) is 0 Å². The van der Waals surface area contributed by atoms with Gasteiger partial charge in [-0.3, -0.25) is 9.36 Å². The van der Waals surface area contributed by atoms with E-state index >= 15 is 0 Å². The molecule has 2 atom stereocenters. The minimum Gasteiger partial charge on any atom is -0.351 e. The summed E-state index contributed by atoms with van der Waals surface area (Å²) >= 11 is 1.31. The van der Waals surface area contributed by atoms with Crippen LogP contribution in [0.1, 0.15) is 19.2 Å². The van der Waals surface area contributed by atoms with Crippen LogP contribution in [0.5, 0.6) is 0 Å². The number of nitrogens with zero attached hydrogens (tertiary/aromatic N) is 3. The molecule has 1 N–H and O–H groups in total. The highest BCUT2D eigenvalue weighted by molar-refractivity contribution is 8.00. The predicted octanol–water partition coefficient (Wildman–Crippen LogP) is 1.36. The lowest BCUT2D eigenvalue weighted by atomic mass is 10.2. The van der Waals surface area contributed by atoms with Crippen molar-refractivity contribution in [1.29, 1.82) is 0 Å². The van der Waals surface area contributed by atoms with Crippen molar-refractivity contribution in [2.45, 2.75) is 36.7 Å². The molecule has 0 unspecified atom stereocenters. The number of para-hydroxylation sites is 1. The number of hydrogen-bond acceptors (Lipinski definition) is 6. The van der Waals surface area contributed by atoms with Crippen LogP contribution in [0.25, 0.3) is 5.69 Å². The predicted molar refractivity (Wildman–Crippen MR) is 96.6 cm³/mol. The van der Waals surface area contributed by atoms with Gasteiger partial charge in [-0.15, -0.1) is 10.2 Å². The van der Waals surface area contributed by atoms with Gasteiger partial charge < -0.3 is 5.32 Å². The molecule has 1 aliphatic heterocycles. The van der Waals surface area contributed by atoms with Crippen molar-refractivity contribution < 1.29 is 13.2 Å². The van der Waals surface area contributed by atoms with E-state index in [1.54, 1.807) is 6.92 Å². The number of benzene rings is 1. The van der Waals surface area contributed by atoms with E-state index in [1.165, 1.54) is 11.8 Å². The molecule has 0 radical (unpaired) electrons. The van der Waals surface area contributed by atoms with Crippen LogP contribution in [0.4, 0.5) is 0 Å². The molecule has 1 aliphatic rings. The highest BCUT2D eigenvalue weighted by atomic mass is 32.2. The molecule has 0 aliphatic carbocycles. The van der Waals surface area contributed by atoms with Gasteiger partial charge in [-0.25, -0.2) is 8.42 Å². The van der Waals surface area contributed by atoms with Crippen molar-refractivity contribution in [3.63, 3.8) is 0 Å². The standard InChI is InChI=1S/C16H20N4O3S2/c1-11(15(21)17-13-8-9-25(22,23)10-13)24-16-19-18-12(2)20(16)14-6-4-3-5-7-14/h3-7,11,13H,8-10H2,1-2H3,(H,17,21)/t11-,13+/m1/s1. The Balaban J connectivity index is 1.69. The highest BCUT2D eigenvalue weighted by Gasteiger charge is 2.30. The number of carbonyl (C=O) groups excluding carboxylic acids is 1. The zero-order chi connectivity index (χ0) is 18.0. The summed E-state index contributed by atoms with van der Waals surface area (Å²) in [5.74, 6) is 0.715. The van der Waals surface area contributed by atoms with Crippen molar-refractivity contribution in [3.05, 3.63) is 36.2 Å². The molecular weight excluding hydrogens is 360 g/mol. The fraction of sp³-hybridized carbons (Fsp3) is 0.438. The van der Waals surface area contributed by atoms with E-state index in [9.17, 15) is 13.2 Å².